The summed E-state index contributed by atoms with van der Waals surface area (Å²) in [6.07, 6.45) is 4.93. The Labute approximate surface area is 85.2 Å². The third-order valence-corrected chi connectivity index (χ3v) is 2.00. The second-order valence-corrected chi connectivity index (χ2v) is 3.15. The molecule has 2 N–H and O–H groups in total. The summed E-state index contributed by atoms with van der Waals surface area (Å²) in [5.41, 5.74) is 5.99. The molecule has 0 spiro atoms. The largest absolute Gasteiger partial charge is 0.383 e. The lowest BCUT2D eigenvalue weighted by Gasteiger charge is -2.05. The number of nitrogens with two attached hydrogens (primary N) is 1. The minimum atomic E-state index is -0.366. The number of hydrogen-bond acceptors (Lipinski definition) is 5. The van der Waals surface area contributed by atoms with E-state index in [1.165, 1.54) is 4.57 Å². The molecule has 0 saturated carbocycles. The number of aromatic nitrogens is 5. The second-order valence-electron chi connectivity index (χ2n) is 3.15. The Balaban J connectivity index is 2.37. The number of rotatable bonds is 2. The van der Waals surface area contributed by atoms with Gasteiger partial charge in [-0.25, -0.2) is 9.48 Å². The highest BCUT2D eigenvalue weighted by Crippen LogP contribution is 2.05. The highest BCUT2D eigenvalue weighted by atomic mass is 16.1. The van der Waals surface area contributed by atoms with Crippen LogP contribution in [0.2, 0.25) is 0 Å². The topological polar surface area (TPSA) is 91.6 Å². The predicted molar refractivity (Wildman–Crippen MR) is 53.0 cm³/mol. The highest BCUT2D eigenvalue weighted by Gasteiger charge is 2.04. The van der Waals surface area contributed by atoms with E-state index in [0.717, 1.165) is 5.56 Å². The quantitative estimate of drug-likeness (QED) is 0.680. The van der Waals surface area contributed by atoms with Crippen LogP contribution in [0, 0.1) is 0 Å². The van der Waals surface area contributed by atoms with Crippen LogP contribution in [0.15, 0.2) is 23.4 Å². The van der Waals surface area contributed by atoms with Gasteiger partial charge in [-0.2, -0.15) is 4.98 Å². The van der Waals surface area contributed by atoms with E-state index >= 15 is 0 Å². The van der Waals surface area contributed by atoms with Crippen molar-refractivity contribution in [3.63, 3.8) is 0 Å². The molecule has 0 bridgehead atoms. The van der Waals surface area contributed by atoms with Gasteiger partial charge in [0, 0.05) is 25.0 Å². The van der Waals surface area contributed by atoms with Gasteiger partial charge in [-0.3, -0.25) is 0 Å². The average molecular weight is 206 g/mol. The first-order valence-corrected chi connectivity index (χ1v) is 4.33. The van der Waals surface area contributed by atoms with E-state index in [9.17, 15) is 4.79 Å². The number of anilines is 1. The Morgan fingerprint density at radius 2 is 2.33 bits per heavy atom. The van der Waals surface area contributed by atoms with Crippen molar-refractivity contribution in [1.82, 2.24) is 24.5 Å². The van der Waals surface area contributed by atoms with Crippen molar-refractivity contribution < 1.29 is 0 Å². The van der Waals surface area contributed by atoms with Crippen molar-refractivity contribution in [1.29, 1.82) is 0 Å². The van der Waals surface area contributed by atoms with Crippen LogP contribution in [0.3, 0.4) is 0 Å². The van der Waals surface area contributed by atoms with Crippen molar-refractivity contribution in [2.45, 2.75) is 6.54 Å². The average Bonchev–Trinajstić information content (AvgIpc) is 2.67. The van der Waals surface area contributed by atoms with E-state index in [0.29, 0.717) is 6.54 Å². The summed E-state index contributed by atoms with van der Waals surface area (Å²) in [4.78, 5) is 14.8. The zero-order valence-electron chi connectivity index (χ0n) is 8.16. The van der Waals surface area contributed by atoms with Gasteiger partial charge in [0.05, 0.1) is 12.7 Å². The summed E-state index contributed by atoms with van der Waals surface area (Å²) < 4.78 is 2.99. The van der Waals surface area contributed by atoms with Gasteiger partial charge in [-0.05, 0) is 0 Å². The Morgan fingerprint density at radius 3 is 3.00 bits per heavy atom. The Kier molecular flexibility index (Phi) is 2.20. The number of nitrogens with zero attached hydrogens (tertiary/aromatic N) is 5. The third-order valence-electron chi connectivity index (χ3n) is 2.00. The van der Waals surface area contributed by atoms with Crippen LogP contribution >= 0.6 is 0 Å². The molecule has 7 nitrogen and oxygen atoms in total. The van der Waals surface area contributed by atoms with Crippen LogP contribution in [-0.2, 0) is 13.6 Å². The van der Waals surface area contributed by atoms with E-state index in [1.54, 1.807) is 30.3 Å². The monoisotopic (exact) mass is 206 g/mol. The van der Waals surface area contributed by atoms with Gasteiger partial charge >= 0.3 is 5.69 Å². The molecule has 78 valence electrons. The molecule has 0 aromatic carbocycles. The van der Waals surface area contributed by atoms with Crippen molar-refractivity contribution in [2.24, 2.45) is 7.05 Å². The van der Waals surface area contributed by atoms with E-state index in [4.69, 9.17) is 5.73 Å². The lowest BCUT2D eigenvalue weighted by atomic mass is 10.3. The first kappa shape index (κ1) is 9.38. The van der Waals surface area contributed by atoms with Crippen molar-refractivity contribution in [2.75, 3.05) is 5.73 Å². The predicted octanol–water partition coefficient (Wildman–Crippen LogP) is -0.998. The summed E-state index contributed by atoms with van der Waals surface area (Å²) in [5, 5.41) is 7.47. The summed E-state index contributed by atoms with van der Waals surface area (Å²) in [7, 11) is 1.62. The summed E-state index contributed by atoms with van der Waals surface area (Å²) in [5.74, 6) is 0.230. The van der Waals surface area contributed by atoms with Gasteiger partial charge in [0.25, 0.3) is 0 Å². The summed E-state index contributed by atoms with van der Waals surface area (Å²) in [6.45, 7) is 0.451. The van der Waals surface area contributed by atoms with Gasteiger partial charge in [0.15, 0.2) is 0 Å². The lowest BCUT2D eigenvalue weighted by molar-refractivity contribution is 0.640. The molecule has 0 unspecified atom stereocenters. The Bertz CT molecular complexity index is 514. The van der Waals surface area contributed by atoms with Gasteiger partial charge < -0.3 is 10.3 Å². The zero-order valence-corrected chi connectivity index (χ0v) is 8.16. The van der Waals surface area contributed by atoms with Crippen LogP contribution in [-0.4, -0.2) is 24.5 Å². The number of aryl methyl sites for hydroxylation is 1. The standard InChI is InChI=1S/C8H10N6O/c1-13-4-6(7(9)11-8(13)15)5-14-3-2-10-12-14/h2-4H,5H2,1H3,(H2,9,11,15). The van der Waals surface area contributed by atoms with E-state index in [1.807, 2.05) is 0 Å². The molecule has 7 heteroatoms. The normalized spacial score (nSPS) is 10.5. The molecule has 2 rings (SSSR count). The molecule has 0 fully saturated rings. The van der Waals surface area contributed by atoms with Gasteiger partial charge in [-0.15, -0.1) is 5.10 Å². The SMILES string of the molecule is Cn1cc(Cn2ccnn2)c(N)nc1=O. The lowest BCUT2D eigenvalue weighted by Crippen LogP contribution is -2.23. The molecule has 2 aromatic rings. The molecule has 0 aliphatic rings. The Hall–Kier alpha value is -2.18. The van der Waals surface area contributed by atoms with Crippen LogP contribution in [0.1, 0.15) is 5.56 Å². The molecule has 0 radical (unpaired) electrons. The maximum atomic E-state index is 11.1. The maximum Gasteiger partial charge on any atom is 0.349 e. The fraction of sp³-hybridized carbons (Fsp3) is 0.250. The van der Waals surface area contributed by atoms with Crippen molar-refractivity contribution in [3.05, 3.63) is 34.6 Å². The molecular weight excluding hydrogens is 196 g/mol. The first-order chi connectivity index (χ1) is 7.16. The van der Waals surface area contributed by atoms with E-state index in [-0.39, 0.29) is 11.5 Å². The van der Waals surface area contributed by atoms with Crippen LogP contribution < -0.4 is 11.4 Å². The molecule has 0 atom stereocenters. The van der Waals surface area contributed by atoms with Gasteiger partial charge in [-0.1, -0.05) is 5.21 Å². The number of hydrogen-bond donors (Lipinski definition) is 1. The highest BCUT2D eigenvalue weighted by molar-refractivity contribution is 5.36. The van der Waals surface area contributed by atoms with Gasteiger partial charge in [0.2, 0.25) is 0 Å². The van der Waals surface area contributed by atoms with E-state index < -0.39 is 0 Å². The minimum absolute atomic E-state index is 0.230. The van der Waals surface area contributed by atoms with Crippen molar-refractivity contribution >= 4 is 5.82 Å². The molecule has 0 aliphatic carbocycles. The smallest absolute Gasteiger partial charge is 0.349 e. The van der Waals surface area contributed by atoms with Crippen molar-refractivity contribution in [3.8, 4) is 0 Å². The van der Waals surface area contributed by atoms with E-state index in [2.05, 4.69) is 15.3 Å². The summed E-state index contributed by atoms with van der Waals surface area (Å²) >= 11 is 0. The fourth-order valence-electron chi connectivity index (χ4n) is 1.22. The molecule has 0 aliphatic heterocycles. The number of nitrogen functional groups attached to an aromatic ring is 1. The third kappa shape index (κ3) is 1.85. The van der Waals surface area contributed by atoms with Crippen LogP contribution in [0.5, 0.6) is 0 Å². The summed E-state index contributed by atoms with van der Waals surface area (Å²) in [6, 6.07) is 0. The molecule has 15 heavy (non-hydrogen) atoms. The molecular formula is C8H10N6O. The minimum Gasteiger partial charge on any atom is -0.383 e. The second kappa shape index (κ2) is 3.52. The molecule has 0 amide bonds. The molecule has 2 heterocycles. The van der Waals surface area contributed by atoms with Gasteiger partial charge in [0.1, 0.15) is 5.82 Å². The maximum absolute atomic E-state index is 11.1. The zero-order chi connectivity index (χ0) is 10.8. The molecule has 2 aromatic heterocycles. The molecule has 0 saturated heterocycles. The Morgan fingerprint density at radius 1 is 1.53 bits per heavy atom. The van der Waals surface area contributed by atoms with Crippen LogP contribution in [0.25, 0.3) is 0 Å². The fourth-order valence-corrected chi connectivity index (χ4v) is 1.22. The first-order valence-electron chi connectivity index (χ1n) is 4.33. The van der Waals surface area contributed by atoms with Crippen LogP contribution in [0.4, 0.5) is 5.82 Å².